The number of nitrogens with zero attached hydrogens (tertiary/aromatic N) is 3. The minimum atomic E-state index is -0.00350. The van der Waals surface area contributed by atoms with Gasteiger partial charge in [-0.25, -0.2) is 4.79 Å². The van der Waals surface area contributed by atoms with E-state index in [1.165, 1.54) is 5.75 Å². The van der Waals surface area contributed by atoms with E-state index in [0.29, 0.717) is 13.1 Å². The van der Waals surface area contributed by atoms with E-state index >= 15 is 0 Å². The van der Waals surface area contributed by atoms with Gasteiger partial charge in [-0.2, -0.15) is 11.8 Å². The lowest BCUT2D eigenvalue weighted by Gasteiger charge is -2.43. The number of morpholine rings is 1. The minimum Gasteiger partial charge on any atom is -0.379 e. The second-order valence-electron chi connectivity index (χ2n) is 7.70. The van der Waals surface area contributed by atoms with Crippen molar-refractivity contribution in [2.24, 2.45) is 0 Å². The molecule has 1 aromatic carbocycles. The van der Waals surface area contributed by atoms with Crippen LogP contribution in [-0.2, 0) is 11.3 Å². The number of ether oxygens (including phenoxy) is 1. The molecule has 0 aliphatic carbocycles. The van der Waals surface area contributed by atoms with Crippen molar-refractivity contribution in [3.05, 3.63) is 29.8 Å². The van der Waals surface area contributed by atoms with Crippen molar-refractivity contribution in [1.82, 2.24) is 15.1 Å². The standard InChI is InChI=1S/C20H32N4O2S/c1-22(2)18-6-4-17(5-7-18)14-23(3)19(25)21-15-20(8-13-27-16-20)24-9-11-26-12-10-24/h4-7H,8-16H2,1-3H3,(H,21,25). The molecule has 1 N–H and O–H groups in total. The fraction of sp³-hybridized carbons (Fsp3) is 0.650. The Morgan fingerprint density at radius 3 is 2.52 bits per heavy atom. The van der Waals surface area contributed by atoms with E-state index in [2.05, 4.69) is 39.4 Å². The van der Waals surface area contributed by atoms with Crippen LogP contribution in [0.2, 0.25) is 0 Å². The monoisotopic (exact) mass is 392 g/mol. The second kappa shape index (κ2) is 9.17. The van der Waals surface area contributed by atoms with Crippen LogP contribution in [-0.4, -0.2) is 86.9 Å². The highest BCUT2D eigenvalue weighted by atomic mass is 32.2. The Balaban J connectivity index is 1.54. The Bertz CT molecular complexity index is 611. The Kier molecular flexibility index (Phi) is 6.89. The fourth-order valence-corrected chi connectivity index (χ4v) is 5.23. The Morgan fingerprint density at radius 2 is 1.93 bits per heavy atom. The first-order valence-electron chi connectivity index (χ1n) is 9.66. The molecule has 2 aliphatic heterocycles. The van der Waals surface area contributed by atoms with Crippen molar-refractivity contribution in [3.8, 4) is 0 Å². The van der Waals surface area contributed by atoms with Crippen LogP contribution >= 0.6 is 11.8 Å². The largest absolute Gasteiger partial charge is 0.379 e. The first-order valence-corrected chi connectivity index (χ1v) is 10.8. The quantitative estimate of drug-likeness (QED) is 0.803. The van der Waals surface area contributed by atoms with Gasteiger partial charge in [0.05, 0.1) is 13.2 Å². The van der Waals surface area contributed by atoms with Gasteiger partial charge in [-0.15, -0.1) is 0 Å². The van der Waals surface area contributed by atoms with E-state index in [1.807, 2.05) is 32.9 Å². The van der Waals surface area contributed by atoms with Crippen LogP contribution in [0, 0.1) is 0 Å². The molecule has 3 rings (SSSR count). The normalized spacial score (nSPS) is 23.2. The summed E-state index contributed by atoms with van der Waals surface area (Å²) in [7, 11) is 5.92. The summed E-state index contributed by atoms with van der Waals surface area (Å²) in [5, 5.41) is 3.20. The number of benzene rings is 1. The smallest absolute Gasteiger partial charge is 0.317 e. The molecule has 2 amide bonds. The summed E-state index contributed by atoms with van der Waals surface area (Å²) in [6.07, 6.45) is 1.13. The summed E-state index contributed by atoms with van der Waals surface area (Å²) >= 11 is 1.99. The molecule has 0 bridgehead atoms. The molecule has 2 heterocycles. The molecule has 0 aromatic heterocycles. The zero-order valence-electron chi connectivity index (χ0n) is 16.7. The van der Waals surface area contributed by atoms with Crippen LogP contribution in [0.3, 0.4) is 0 Å². The lowest BCUT2D eigenvalue weighted by molar-refractivity contribution is -0.0127. The van der Waals surface area contributed by atoms with Gasteiger partial charge in [-0.3, -0.25) is 4.90 Å². The first kappa shape index (κ1) is 20.3. The predicted molar refractivity (Wildman–Crippen MR) is 113 cm³/mol. The van der Waals surface area contributed by atoms with Crippen molar-refractivity contribution in [2.75, 3.05) is 70.4 Å². The molecule has 0 saturated carbocycles. The molecule has 7 heteroatoms. The number of amides is 2. The van der Waals surface area contributed by atoms with Crippen LogP contribution < -0.4 is 10.2 Å². The average molecular weight is 393 g/mol. The van der Waals surface area contributed by atoms with E-state index in [1.54, 1.807) is 4.90 Å². The zero-order valence-corrected chi connectivity index (χ0v) is 17.6. The third kappa shape index (κ3) is 5.09. The van der Waals surface area contributed by atoms with Gasteiger partial charge in [0.25, 0.3) is 0 Å². The van der Waals surface area contributed by atoms with Gasteiger partial charge in [0.1, 0.15) is 0 Å². The van der Waals surface area contributed by atoms with Crippen LogP contribution in [0.1, 0.15) is 12.0 Å². The number of carbonyl (C=O) groups is 1. The lowest BCUT2D eigenvalue weighted by Crippen LogP contribution is -2.59. The Labute approximate surface area is 167 Å². The maximum atomic E-state index is 12.7. The summed E-state index contributed by atoms with van der Waals surface area (Å²) in [6.45, 7) is 4.84. The molecule has 0 radical (unpaired) electrons. The van der Waals surface area contributed by atoms with Crippen LogP contribution in [0.5, 0.6) is 0 Å². The van der Waals surface area contributed by atoms with Crippen LogP contribution in [0.15, 0.2) is 24.3 Å². The second-order valence-corrected chi connectivity index (χ2v) is 8.81. The van der Waals surface area contributed by atoms with E-state index in [-0.39, 0.29) is 11.6 Å². The molecule has 0 spiro atoms. The maximum absolute atomic E-state index is 12.7. The molecule has 2 aliphatic rings. The number of carbonyl (C=O) groups excluding carboxylic acids is 1. The molecule has 2 fully saturated rings. The van der Waals surface area contributed by atoms with E-state index < -0.39 is 0 Å². The van der Waals surface area contributed by atoms with Gasteiger partial charge in [-0.05, 0) is 29.9 Å². The van der Waals surface area contributed by atoms with Crippen molar-refractivity contribution in [2.45, 2.75) is 18.5 Å². The van der Waals surface area contributed by atoms with Crippen molar-refractivity contribution >= 4 is 23.5 Å². The van der Waals surface area contributed by atoms with E-state index in [4.69, 9.17) is 4.74 Å². The fourth-order valence-electron chi connectivity index (χ4n) is 3.76. The third-order valence-corrected chi connectivity index (χ3v) is 6.79. The summed E-state index contributed by atoms with van der Waals surface area (Å²) in [6, 6.07) is 8.34. The molecule has 6 nitrogen and oxygen atoms in total. The van der Waals surface area contributed by atoms with Crippen molar-refractivity contribution < 1.29 is 9.53 Å². The molecule has 2 saturated heterocycles. The molecule has 150 valence electrons. The number of anilines is 1. The molecule has 27 heavy (non-hydrogen) atoms. The molecule has 1 unspecified atom stereocenters. The average Bonchev–Trinajstić information content (AvgIpc) is 3.17. The summed E-state index contributed by atoms with van der Waals surface area (Å²) in [5.74, 6) is 2.25. The highest BCUT2D eigenvalue weighted by Gasteiger charge is 2.41. The van der Waals surface area contributed by atoms with Crippen molar-refractivity contribution in [1.29, 1.82) is 0 Å². The number of nitrogens with one attached hydrogen (secondary N) is 1. The number of urea groups is 1. The maximum Gasteiger partial charge on any atom is 0.317 e. The SMILES string of the molecule is CN(Cc1ccc(N(C)C)cc1)C(=O)NCC1(N2CCOCC2)CCSC1. The minimum absolute atomic E-state index is 0.00350. The highest BCUT2D eigenvalue weighted by molar-refractivity contribution is 7.99. The van der Waals surface area contributed by atoms with E-state index in [9.17, 15) is 4.79 Å². The van der Waals surface area contributed by atoms with E-state index in [0.717, 1.165) is 49.7 Å². The number of hydrogen-bond acceptors (Lipinski definition) is 5. The molecular weight excluding hydrogens is 360 g/mol. The predicted octanol–water partition coefficient (Wildman–Crippen LogP) is 2.10. The van der Waals surface area contributed by atoms with Gasteiger partial charge in [0.15, 0.2) is 0 Å². The molecular formula is C20H32N4O2S. The first-order chi connectivity index (χ1) is 13.0. The van der Waals surface area contributed by atoms with Gasteiger partial charge in [0.2, 0.25) is 0 Å². The third-order valence-electron chi connectivity index (χ3n) is 5.55. The van der Waals surface area contributed by atoms with Crippen molar-refractivity contribution in [3.63, 3.8) is 0 Å². The zero-order chi connectivity index (χ0) is 19.3. The lowest BCUT2D eigenvalue weighted by atomic mass is 9.95. The van der Waals surface area contributed by atoms with Gasteiger partial charge in [0, 0.05) is 64.3 Å². The summed E-state index contributed by atoms with van der Waals surface area (Å²) in [5.41, 5.74) is 2.38. The topological polar surface area (TPSA) is 48.0 Å². The van der Waals surface area contributed by atoms with Gasteiger partial charge < -0.3 is 19.9 Å². The van der Waals surface area contributed by atoms with Crippen LogP contribution in [0.25, 0.3) is 0 Å². The number of rotatable bonds is 6. The van der Waals surface area contributed by atoms with Gasteiger partial charge >= 0.3 is 6.03 Å². The Hall–Kier alpha value is -1.44. The molecule has 1 atom stereocenters. The van der Waals surface area contributed by atoms with Gasteiger partial charge in [-0.1, -0.05) is 12.1 Å². The highest BCUT2D eigenvalue weighted by Crippen LogP contribution is 2.33. The number of thioether (sulfide) groups is 1. The van der Waals surface area contributed by atoms with Crippen LogP contribution in [0.4, 0.5) is 10.5 Å². The summed E-state index contributed by atoms with van der Waals surface area (Å²) in [4.78, 5) is 19.0. The Morgan fingerprint density at radius 1 is 1.22 bits per heavy atom. The summed E-state index contributed by atoms with van der Waals surface area (Å²) < 4.78 is 5.51. The number of hydrogen-bond donors (Lipinski definition) is 1. The molecule has 1 aromatic rings.